The lowest BCUT2D eigenvalue weighted by Crippen LogP contribution is -2.25. The fraction of sp³-hybridized carbons (Fsp3) is 0.308. The first-order valence-corrected chi connectivity index (χ1v) is 7.63. The van der Waals surface area contributed by atoms with Crippen LogP contribution in [0.2, 0.25) is 0 Å². The van der Waals surface area contributed by atoms with Crippen LogP contribution >= 0.6 is 27.3 Å². The Balaban J connectivity index is 1.91. The van der Waals surface area contributed by atoms with E-state index in [1.807, 2.05) is 18.2 Å². The normalized spacial score (nSPS) is 18.8. The number of carbonyl (C=O) groups is 2. The van der Waals surface area contributed by atoms with Gasteiger partial charge in [-0.2, -0.15) is 0 Å². The van der Waals surface area contributed by atoms with E-state index in [2.05, 4.69) is 20.9 Å². The van der Waals surface area contributed by atoms with Crippen LogP contribution in [0.15, 0.2) is 22.7 Å². The van der Waals surface area contributed by atoms with Crippen molar-refractivity contribution in [3.63, 3.8) is 0 Å². The molecule has 1 fully saturated rings. The quantitative estimate of drug-likeness (QED) is 0.777. The number of esters is 1. The summed E-state index contributed by atoms with van der Waals surface area (Å²) < 4.78 is 6.68. The van der Waals surface area contributed by atoms with Crippen molar-refractivity contribution >= 4 is 54.5 Å². The van der Waals surface area contributed by atoms with E-state index >= 15 is 0 Å². The number of hydrogen-bond donors (Lipinski definition) is 0. The number of hydrogen-bond acceptors (Lipinski definition) is 5. The predicted octanol–water partition coefficient (Wildman–Crippen LogP) is 2.58. The second-order valence-corrected chi connectivity index (χ2v) is 6.46. The molecule has 0 aliphatic carbocycles. The first-order valence-electron chi connectivity index (χ1n) is 6.03. The zero-order valence-corrected chi connectivity index (χ0v) is 13.0. The van der Waals surface area contributed by atoms with Crippen LogP contribution in [0.3, 0.4) is 0 Å². The first kappa shape index (κ1) is 13.5. The molecule has 3 rings (SSSR count). The van der Waals surface area contributed by atoms with Gasteiger partial charge in [-0.15, -0.1) is 0 Å². The number of aromatic nitrogens is 1. The second kappa shape index (κ2) is 5.14. The molecule has 1 aromatic heterocycles. The molecule has 1 aliphatic heterocycles. The van der Waals surface area contributed by atoms with Gasteiger partial charge < -0.3 is 4.74 Å². The molecule has 1 atom stereocenters. The maximum atomic E-state index is 12.0. The zero-order chi connectivity index (χ0) is 14.3. The second-order valence-electron chi connectivity index (χ2n) is 4.54. The number of halogens is 1. The highest BCUT2D eigenvalue weighted by atomic mass is 79.9. The van der Waals surface area contributed by atoms with Gasteiger partial charge in [0, 0.05) is 17.4 Å². The summed E-state index contributed by atoms with van der Waals surface area (Å²) in [5.74, 6) is -0.825. The summed E-state index contributed by atoms with van der Waals surface area (Å²) >= 11 is 4.86. The van der Waals surface area contributed by atoms with Gasteiger partial charge in [0.2, 0.25) is 5.91 Å². The van der Waals surface area contributed by atoms with Gasteiger partial charge in [-0.25, -0.2) is 4.98 Å². The van der Waals surface area contributed by atoms with Gasteiger partial charge in [-0.3, -0.25) is 14.5 Å². The average Bonchev–Trinajstić information content (AvgIpc) is 3.00. The van der Waals surface area contributed by atoms with Crippen LogP contribution in [0.25, 0.3) is 10.2 Å². The molecule has 1 aliphatic rings. The van der Waals surface area contributed by atoms with Crippen LogP contribution in [0, 0.1) is 5.92 Å². The van der Waals surface area contributed by atoms with Crippen molar-refractivity contribution in [2.24, 2.45) is 5.92 Å². The van der Waals surface area contributed by atoms with E-state index in [1.165, 1.54) is 18.4 Å². The molecule has 0 radical (unpaired) electrons. The molecule has 2 aromatic rings. The van der Waals surface area contributed by atoms with Crippen molar-refractivity contribution in [1.29, 1.82) is 0 Å². The molecule has 0 N–H and O–H groups in total. The molecule has 0 bridgehead atoms. The van der Waals surface area contributed by atoms with Crippen LogP contribution in [-0.4, -0.2) is 30.5 Å². The van der Waals surface area contributed by atoms with Gasteiger partial charge in [0.15, 0.2) is 5.13 Å². The third-order valence-electron chi connectivity index (χ3n) is 3.23. The van der Waals surface area contributed by atoms with Crippen molar-refractivity contribution in [3.05, 3.63) is 22.7 Å². The number of benzene rings is 1. The first-order chi connectivity index (χ1) is 9.58. The van der Waals surface area contributed by atoms with Gasteiger partial charge >= 0.3 is 5.97 Å². The van der Waals surface area contributed by atoms with Crippen LogP contribution in [0.5, 0.6) is 0 Å². The number of nitrogens with zero attached hydrogens (tertiary/aromatic N) is 2. The lowest BCUT2D eigenvalue weighted by atomic mass is 10.1. The number of ether oxygens (including phenoxy) is 1. The Bertz CT molecular complexity index is 700. The minimum Gasteiger partial charge on any atom is -0.469 e. The van der Waals surface area contributed by atoms with Gasteiger partial charge in [0.25, 0.3) is 0 Å². The third-order valence-corrected chi connectivity index (χ3v) is 4.76. The topological polar surface area (TPSA) is 59.5 Å². The molecule has 20 heavy (non-hydrogen) atoms. The smallest absolute Gasteiger partial charge is 0.311 e. The molecule has 7 heteroatoms. The molecule has 0 spiro atoms. The van der Waals surface area contributed by atoms with Crippen LogP contribution in [0.1, 0.15) is 6.42 Å². The predicted molar refractivity (Wildman–Crippen MR) is 79.8 cm³/mol. The summed E-state index contributed by atoms with van der Waals surface area (Å²) in [5.41, 5.74) is 0.850. The molecule has 1 amide bonds. The van der Waals surface area contributed by atoms with E-state index in [4.69, 9.17) is 4.74 Å². The monoisotopic (exact) mass is 354 g/mol. The molecular weight excluding hydrogens is 344 g/mol. The highest BCUT2D eigenvalue weighted by Crippen LogP contribution is 2.34. The fourth-order valence-electron chi connectivity index (χ4n) is 2.22. The number of amides is 1. The molecule has 1 saturated heterocycles. The molecule has 104 valence electrons. The van der Waals surface area contributed by atoms with Crippen molar-refractivity contribution in [2.45, 2.75) is 6.42 Å². The van der Waals surface area contributed by atoms with Crippen molar-refractivity contribution in [2.75, 3.05) is 18.6 Å². The minimum absolute atomic E-state index is 0.0847. The van der Waals surface area contributed by atoms with Crippen LogP contribution in [-0.2, 0) is 14.3 Å². The Morgan fingerprint density at radius 2 is 2.35 bits per heavy atom. The summed E-state index contributed by atoms with van der Waals surface area (Å²) in [5, 5.41) is 0.634. The van der Waals surface area contributed by atoms with E-state index in [9.17, 15) is 9.59 Å². The minimum atomic E-state index is -0.397. The standard InChI is InChI=1S/C13H11BrN2O3S/c1-19-12(18)7-4-11(17)16(6-7)13-15-9-3-2-8(14)5-10(9)20-13/h2-3,5,7H,4,6H2,1H3. The van der Waals surface area contributed by atoms with Gasteiger partial charge in [-0.1, -0.05) is 27.3 Å². The number of fused-ring (bicyclic) bond motifs is 1. The van der Waals surface area contributed by atoms with E-state index in [1.54, 1.807) is 4.90 Å². The fourth-order valence-corrected chi connectivity index (χ4v) is 3.76. The average molecular weight is 355 g/mol. The molecule has 0 saturated carbocycles. The maximum Gasteiger partial charge on any atom is 0.311 e. The number of rotatable bonds is 2. The zero-order valence-electron chi connectivity index (χ0n) is 10.6. The van der Waals surface area contributed by atoms with Crippen molar-refractivity contribution < 1.29 is 14.3 Å². The highest BCUT2D eigenvalue weighted by Gasteiger charge is 2.37. The summed E-state index contributed by atoms with van der Waals surface area (Å²) in [6, 6.07) is 5.78. The number of anilines is 1. The summed E-state index contributed by atoms with van der Waals surface area (Å²) in [6.07, 6.45) is 0.187. The van der Waals surface area contributed by atoms with E-state index in [-0.39, 0.29) is 18.3 Å². The Kier molecular flexibility index (Phi) is 3.47. The molecular formula is C13H11BrN2O3S. The van der Waals surface area contributed by atoms with Crippen molar-refractivity contribution in [1.82, 2.24) is 4.98 Å². The third kappa shape index (κ3) is 2.31. The molecule has 2 heterocycles. The highest BCUT2D eigenvalue weighted by molar-refractivity contribution is 9.10. The Labute approximate surface area is 127 Å². The van der Waals surface area contributed by atoms with Crippen molar-refractivity contribution in [3.8, 4) is 0 Å². The van der Waals surface area contributed by atoms with Crippen LogP contribution < -0.4 is 4.90 Å². The van der Waals surface area contributed by atoms with Crippen LogP contribution in [0.4, 0.5) is 5.13 Å². The van der Waals surface area contributed by atoms with Gasteiger partial charge in [-0.05, 0) is 18.2 Å². The Hall–Kier alpha value is -1.47. The number of carbonyl (C=O) groups excluding carboxylic acids is 2. The molecule has 1 unspecified atom stereocenters. The number of thiazole rings is 1. The Morgan fingerprint density at radius 1 is 1.55 bits per heavy atom. The molecule has 5 nitrogen and oxygen atoms in total. The summed E-state index contributed by atoms with van der Waals surface area (Å²) in [4.78, 5) is 29.6. The summed E-state index contributed by atoms with van der Waals surface area (Å²) in [7, 11) is 1.34. The van der Waals surface area contributed by atoms with E-state index < -0.39 is 5.92 Å². The SMILES string of the molecule is COC(=O)C1CC(=O)N(c2nc3ccc(Br)cc3s2)C1. The summed E-state index contributed by atoms with van der Waals surface area (Å²) in [6.45, 7) is 0.340. The van der Waals surface area contributed by atoms with E-state index in [0.717, 1.165) is 14.7 Å². The largest absolute Gasteiger partial charge is 0.469 e. The lowest BCUT2D eigenvalue weighted by molar-refractivity contribution is -0.145. The van der Waals surface area contributed by atoms with Gasteiger partial charge in [0.1, 0.15) is 0 Å². The maximum absolute atomic E-state index is 12.0. The van der Waals surface area contributed by atoms with Gasteiger partial charge in [0.05, 0.1) is 23.2 Å². The Morgan fingerprint density at radius 3 is 3.10 bits per heavy atom. The van der Waals surface area contributed by atoms with E-state index in [0.29, 0.717) is 11.7 Å². The molecule has 1 aromatic carbocycles. The lowest BCUT2D eigenvalue weighted by Gasteiger charge is -2.11. The number of methoxy groups -OCH3 is 1.